The minimum absolute atomic E-state index is 0.0661. The monoisotopic (exact) mass is 543 g/mol. The van der Waals surface area contributed by atoms with Gasteiger partial charge < -0.3 is 20.5 Å². The molecule has 13 atom stereocenters. The van der Waals surface area contributed by atoms with Crippen LogP contribution < -0.4 is 16.4 Å². The minimum atomic E-state index is -0.520. The number of nitrogens with one attached hydrogen (secondary N) is 2. The van der Waals surface area contributed by atoms with Crippen LogP contribution in [0.1, 0.15) is 105 Å². The molecule has 6 aliphatic rings. The van der Waals surface area contributed by atoms with Crippen LogP contribution in [0.2, 0.25) is 0 Å². The highest BCUT2D eigenvalue weighted by molar-refractivity contribution is 5.75. The Balaban J connectivity index is 1.13. The molecule has 6 heteroatoms. The van der Waals surface area contributed by atoms with E-state index in [2.05, 4.69) is 45.3 Å². The number of hydrogen-bond donors (Lipinski definition) is 3. The van der Waals surface area contributed by atoms with Gasteiger partial charge in [-0.15, -0.1) is 0 Å². The standard InChI is InChI=1S/C33H57N3O3/c1-20-7-15-33(36-19-20)21(2)28-25(39-33)18-27-31(4)12-8-22-17-23(35-16-11-24(34)29(37)38-6)9-13-30(22,3)26(31)10-14-32(27,28)5/h20-28,35-36H,7-19,34H2,1-6H3/t20-,21-,22?,23?,24+,25-,26?,27?,28-,30-,31+,32-,33-/m0/s1. The highest BCUT2D eigenvalue weighted by atomic mass is 16.5. The van der Waals surface area contributed by atoms with Crippen molar-refractivity contribution in [2.45, 2.75) is 129 Å². The molecule has 2 saturated heterocycles. The van der Waals surface area contributed by atoms with E-state index in [1.165, 1.54) is 71.3 Å². The second-order valence-electron chi connectivity index (χ2n) is 15.9. The Morgan fingerprint density at radius 3 is 2.46 bits per heavy atom. The summed E-state index contributed by atoms with van der Waals surface area (Å²) in [5, 5.41) is 7.68. The largest absolute Gasteiger partial charge is 0.468 e. The van der Waals surface area contributed by atoms with Crippen LogP contribution in [0.4, 0.5) is 0 Å². The Kier molecular flexibility index (Phi) is 7.25. The molecule has 2 aliphatic heterocycles. The van der Waals surface area contributed by atoms with E-state index in [1.807, 2.05) is 0 Å². The van der Waals surface area contributed by atoms with Gasteiger partial charge in [0.25, 0.3) is 0 Å². The van der Waals surface area contributed by atoms with Gasteiger partial charge in [-0.3, -0.25) is 10.1 Å². The predicted octanol–water partition coefficient (Wildman–Crippen LogP) is 5.24. The quantitative estimate of drug-likeness (QED) is 0.411. The van der Waals surface area contributed by atoms with Crippen LogP contribution in [0.15, 0.2) is 0 Å². The van der Waals surface area contributed by atoms with E-state index in [9.17, 15) is 4.79 Å². The summed E-state index contributed by atoms with van der Waals surface area (Å²) in [6, 6.07) is 0.0290. The number of esters is 1. The lowest BCUT2D eigenvalue weighted by atomic mass is 9.39. The summed E-state index contributed by atoms with van der Waals surface area (Å²) in [6.07, 6.45) is 14.2. The number of nitrogens with two attached hydrogens (primary N) is 1. The van der Waals surface area contributed by atoms with E-state index >= 15 is 0 Å². The first-order valence-corrected chi connectivity index (χ1v) is 16.5. The maximum atomic E-state index is 11.7. The smallest absolute Gasteiger partial charge is 0.322 e. The van der Waals surface area contributed by atoms with E-state index in [1.54, 1.807) is 0 Å². The predicted molar refractivity (Wildman–Crippen MR) is 155 cm³/mol. The molecule has 222 valence electrons. The molecule has 4 saturated carbocycles. The molecule has 4 aliphatic carbocycles. The molecular formula is C33H57N3O3. The molecule has 0 aromatic rings. The van der Waals surface area contributed by atoms with Gasteiger partial charge in [-0.05, 0) is 123 Å². The molecule has 6 nitrogen and oxygen atoms in total. The van der Waals surface area contributed by atoms with Crippen molar-refractivity contribution < 1.29 is 14.3 Å². The van der Waals surface area contributed by atoms with Crippen LogP contribution in [0.5, 0.6) is 0 Å². The van der Waals surface area contributed by atoms with Crippen molar-refractivity contribution in [2.24, 2.45) is 57.5 Å². The van der Waals surface area contributed by atoms with Crippen LogP contribution in [0.3, 0.4) is 0 Å². The normalized spacial score (nSPS) is 53.4. The zero-order valence-electron chi connectivity index (χ0n) is 25.7. The SMILES string of the molecule is COC(=O)[C@H](N)CCNC1CC[C@@]2(C)C(CC[C@]3(C)C2CC[C@@]2(C)C3C[C@@H]3O[C@@]4(CC[C@H](C)CN4)[C@@H](C)[C@@H]32)C1. The van der Waals surface area contributed by atoms with E-state index in [4.69, 9.17) is 15.2 Å². The van der Waals surface area contributed by atoms with Crippen molar-refractivity contribution in [1.29, 1.82) is 0 Å². The van der Waals surface area contributed by atoms with E-state index in [-0.39, 0.29) is 11.7 Å². The van der Waals surface area contributed by atoms with Crippen LogP contribution in [0, 0.1) is 51.8 Å². The molecule has 1 spiro atoms. The third kappa shape index (κ3) is 4.28. The summed E-state index contributed by atoms with van der Waals surface area (Å²) in [7, 11) is 1.42. The second kappa shape index (κ2) is 9.95. The van der Waals surface area contributed by atoms with E-state index in [0.717, 1.165) is 36.8 Å². The Labute approximate surface area is 237 Å². The zero-order chi connectivity index (χ0) is 27.8. The first-order valence-electron chi connectivity index (χ1n) is 16.5. The second-order valence-corrected chi connectivity index (χ2v) is 15.9. The lowest BCUT2D eigenvalue weighted by molar-refractivity contribution is -0.176. The Morgan fingerprint density at radius 1 is 1.00 bits per heavy atom. The summed E-state index contributed by atoms with van der Waals surface area (Å²) in [5.74, 6) is 4.17. The van der Waals surface area contributed by atoms with Crippen molar-refractivity contribution in [3.63, 3.8) is 0 Å². The van der Waals surface area contributed by atoms with Gasteiger partial charge in [-0.25, -0.2) is 0 Å². The molecule has 0 amide bonds. The Hall–Kier alpha value is -0.690. The molecule has 6 rings (SSSR count). The van der Waals surface area contributed by atoms with Crippen molar-refractivity contribution in [3.05, 3.63) is 0 Å². The number of methoxy groups -OCH3 is 1. The van der Waals surface area contributed by atoms with E-state index < -0.39 is 6.04 Å². The molecule has 0 aromatic heterocycles. The fraction of sp³-hybridized carbons (Fsp3) is 0.970. The molecule has 39 heavy (non-hydrogen) atoms. The van der Waals surface area contributed by atoms with Crippen LogP contribution in [-0.4, -0.2) is 50.1 Å². The molecule has 0 aromatic carbocycles. The summed E-state index contributed by atoms with van der Waals surface area (Å²) >= 11 is 0. The maximum Gasteiger partial charge on any atom is 0.322 e. The van der Waals surface area contributed by atoms with Crippen LogP contribution in [-0.2, 0) is 14.3 Å². The number of carbonyl (C=O) groups is 1. The Bertz CT molecular complexity index is 935. The highest BCUT2D eigenvalue weighted by Gasteiger charge is 2.71. The van der Waals surface area contributed by atoms with Crippen molar-refractivity contribution in [1.82, 2.24) is 10.6 Å². The fourth-order valence-corrected chi connectivity index (χ4v) is 12.0. The molecule has 0 radical (unpaired) electrons. The van der Waals surface area contributed by atoms with Gasteiger partial charge in [0.05, 0.1) is 13.2 Å². The number of piperidine rings is 1. The lowest BCUT2D eigenvalue weighted by Gasteiger charge is -2.66. The molecule has 2 heterocycles. The third-order valence-electron chi connectivity index (χ3n) is 14.1. The van der Waals surface area contributed by atoms with Crippen molar-refractivity contribution in [2.75, 3.05) is 20.2 Å². The minimum Gasteiger partial charge on any atom is -0.468 e. The summed E-state index contributed by atoms with van der Waals surface area (Å²) in [5.41, 5.74) is 7.19. The number of carbonyl (C=O) groups excluding carboxylic acids is 1. The highest BCUT2D eigenvalue weighted by Crippen LogP contribution is 2.74. The van der Waals surface area contributed by atoms with Crippen LogP contribution in [0.25, 0.3) is 0 Å². The van der Waals surface area contributed by atoms with E-state index in [0.29, 0.717) is 46.6 Å². The first-order chi connectivity index (χ1) is 18.5. The molecule has 4 unspecified atom stereocenters. The molecule has 0 bridgehead atoms. The summed E-state index contributed by atoms with van der Waals surface area (Å²) < 4.78 is 11.9. The average molecular weight is 544 g/mol. The lowest BCUT2D eigenvalue weighted by Crippen LogP contribution is -2.61. The average Bonchev–Trinajstić information content (AvgIpc) is 3.36. The number of fused-ring (bicyclic) bond motifs is 7. The number of hydrogen-bond acceptors (Lipinski definition) is 6. The van der Waals surface area contributed by atoms with Gasteiger partial charge in [-0.1, -0.05) is 34.6 Å². The Morgan fingerprint density at radius 2 is 1.74 bits per heavy atom. The first kappa shape index (κ1) is 28.4. The van der Waals surface area contributed by atoms with Gasteiger partial charge in [0.1, 0.15) is 11.8 Å². The van der Waals surface area contributed by atoms with Gasteiger partial charge in [0, 0.05) is 18.5 Å². The number of rotatable bonds is 5. The summed E-state index contributed by atoms with van der Waals surface area (Å²) in [4.78, 5) is 11.7. The third-order valence-corrected chi connectivity index (χ3v) is 14.1. The zero-order valence-corrected chi connectivity index (χ0v) is 25.7. The van der Waals surface area contributed by atoms with Gasteiger partial charge in [0.15, 0.2) is 0 Å². The van der Waals surface area contributed by atoms with Crippen LogP contribution >= 0.6 is 0 Å². The van der Waals surface area contributed by atoms with Gasteiger partial charge in [0.2, 0.25) is 0 Å². The molecule has 6 fully saturated rings. The van der Waals surface area contributed by atoms with Crippen molar-refractivity contribution in [3.8, 4) is 0 Å². The van der Waals surface area contributed by atoms with Gasteiger partial charge >= 0.3 is 5.97 Å². The number of ether oxygens (including phenoxy) is 2. The van der Waals surface area contributed by atoms with Gasteiger partial charge in [-0.2, -0.15) is 0 Å². The topological polar surface area (TPSA) is 85.6 Å². The molecular weight excluding hydrogens is 486 g/mol. The maximum absolute atomic E-state index is 11.7. The summed E-state index contributed by atoms with van der Waals surface area (Å²) in [6.45, 7) is 14.9. The van der Waals surface area contributed by atoms with Crippen molar-refractivity contribution >= 4 is 5.97 Å². The molecule has 4 N–H and O–H groups in total. The fourth-order valence-electron chi connectivity index (χ4n) is 12.0.